The molecule has 0 radical (unpaired) electrons. The molecule has 0 unspecified atom stereocenters. The van der Waals surface area contributed by atoms with Gasteiger partial charge >= 0.3 is 0 Å². The number of carbonyl (C=O) groups is 1. The summed E-state index contributed by atoms with van der Waals surface area (Å²) in [6, 6.07) is 9.18. The highest BCUT2D eigenvalue weighted by atomic mass is 35.5. The molecule has 1 saturated carbocycles. The lowest BCUT2D eigenvalue weighted by Crippen LogP contribution is -2.32. The number of rotatable bonds is 10. The SMILES string of the molecule is CCc1ccc(CN(C(=O)CCCCCCN)C2CC2)cc1.Cl. The molecule has 0 bridgehead atoms. The van der Waals surface area contributed by atoms with E-state index in [-0.39, 0.29) is 12.4 Å². The van der Waals surface area contributed by atoms with Crippen molar-refractivity contribution in [3.8, 4) is 0 Å². The Hall–Kier alpha value is -1.06. The Morgan fingerprint density at radius 1 is 1.09 bits per heavy atom. The second-order valence-electron chi connectivity index (χ2n) is 6.38. The summed E-state index contributed by atoms with van der Waals surface area (Å²) < 4.78 is 0. The lowest BCUT2D eigenvalue weighted by molar-refractivity contribution is -0.132. The number of nitrogens with zero attached hydrogens (tertiary/aromatic N) is 1. The fraction of sp³-hybridized carbons (Fsp3) is 0.632. The van der Waals surface area contributed by atoms with Crippen LogP contribution < -0.4 is 5.73 Å². The Bertz CT molecular complexity index is 457. The largest absolute Gasteiger partial charge is 0.335 e. The predicted octanol–water partition coefficient (Wildman–Crippen LogP) is 4.07. The van der Waals surface area contributed by atoms with Crippen LogP contribution in [0, 0.1) is 0 Å². The molecule has 2 N–H and O–H groups in total. The van der Waals surface area contributed by atoms with Gasteiger partial charge in [-0.1, -0.05) is 44.0 Å². The van der Waals surface area contributed by atoms with Crippen LogP contribution in [0.1, 0.15) is 63.0 Å². The summed E-state index contributed by atoms with van der Waals surface area (Å²) in [5.74, 6) is 0.329. The standard InChI is InChI=1S/C19H30N2O.ClH/c1-2-16-8-10-17(11-9-16)15-21(18-12-13-18)19(22)7-5-3-4-6-14-20;/h8-11,18H,2-7,12-15,20H2,1H3;1H. The number of benzene rings is 1. The maximum Gasteiger partial charge on any atom is 0.223 e. The van der Waals surface area contributed by atoms with Crippen molar-refractivity contribution < 1.29 is 4.79 Å². The first-order valence-corrected chi connectivity index (χ1v) is 8.82. The van der Waals surface area contributed by atoms with Crippen LogP contribution in [-0.4, -0.2) is 23.4 Å². The van der Waals surface area contributed by atoms with Crippen LogP contribution in [0.4, 0.5) is 0 Å². The van der Waals surface area contributed by atoms with Gasteiger partial charge in [-0.2, -0.15) is 0 Å². The highest BCUT2D eigenvalue weighted by Crippen LogP contribution is 2.29. The van der Waals surface area contributed by atoms with E-state index >= 15 is 0 Å². The van der Waals surface area contributed by atoms with Crippen LogP contribution >= 0.6 is 12.4 Å². The van der Waals surface area contributed by atoms with E-state index in [2.05, 4.69) is 36.1 Å². The molecule has 3 nitrogen and oxygen atoms in total. The zero-order chi connectivity index (χ0) is 15.8. The molecule has 0 atom stereocenters. The number of halogens is 1. The summed E-state index contributed by atoms with van der Waals surface area (Å²) in [4.78, 5) is 14.6. The van der Waals surface area contributed by atoms with Crippen molar-refractivity contribution in [3.05, 3.63) is 35.4 Å². The number of nitrogens with two attached hydrogens (primary N) is 1. The Morgan fingerprint density at radius 2 is 1.70 bits per heavy atom. The third-order valence-electron chi connectivity index (χ3n) is 4.44. The summed E-state index contributed by atoms with van der Waals surface area (Å²) in [7, 11) is 0. The minimum atomic E-state index is 0. The van der Waals surface area contributed by atoms with Gasteiger partial charge in [0.2, 0.25) is 5.91 Å². The molecular formula is C19H31ClN2O. The van der Waals surface area contributed by atoms with Crippen LogP contribution in [0.15, 0.2) is 24.3 Å². The minimum absolute atomic E-state index is 0. The van der Waals surface area contributed by atoms with Gasteiger partial charge in [-0.15, -0.1) is 12.4 Å². The second-order valence-corrected chi connectivity index (χ2v) is 6.38. The topological polar surface area (TPSA) is 46.3 Å². The van der Waals surface area contributed by atoms with E-state index in [4.69, 9.17) is 5.73 Å². The zero-order valence-corrected chi connectivity index (χ0v) is 15.1. The third kappa shape index (κ3) is 6.92. The lowest BCUT2D eigenvalue weighted by atomic mass is 10.1. The van der Waals surface area contributed by atoms with E-state index in [1.807, 2.05) is 0 Å². The normalized spacial score (nSPS) is 13.5. The maximum atomic E-state index is 12.5. The number of hydrogen-bond acceptors (Lipinski definition) is 2. The fourth-order valence-electron chi connectivity index (χ4n) is 2.80. The minimum Gasteiger partial charge on any atom is -0.335 e. The van der Waals surface area contributed by atoms with Crippen molar-refractivity contribution in [3.63, 3.8) is 0 Å². The summed E-state index contributed by atoms with van der Waals surface area (Å²) in [5.41, 5.74) is 8.10. The lowest BCUT2D eigenvalue weighted by Gasteiger charge is -2.23. The van der Waals surface area contributed by atoms with E-state index in [9.17, 15) is 4.79 Å². The van der Waals surface area contributed by atoms with Crippen LogP contribution in [0.25, 0.3) is 0 Å². The number of hydrogen-bond donors (Lipinski definition) is 1. The van der Waals surface area contributed by atoms with Gasteiger partial charge in [-0.3, -0.25) is 4.79 Å². The maximum absolute atomic E-state index is 12.5. The molecule has 2 rings (SSSR count). The Morgan fingerprint density at radius 3 is 2.26 bits per heavy atom. The summed E-state index contributed by atoms with van der Waals surface area (Å²) in [6.07, 6.45) is 8.43. The van der Waals surface area contributed by atoms with Crippen molar-refractivity contribution >= 4 is 18.3 Å². The second kappa shape index (κ2) is 10.7. The monoisotopic (exact) mass is 338 g/mol. The van der Waals surface area contributed by atoms with Crippen LogP contribution in [-0.2, 0) is 17.8 Å². The number of amides is 1. The Balaban J connectivity index is 0.00000264. The van der Waals surface area contributed by atoms with Crippen molar-refractivity contribution in [1.82, 2.24) is 4.90 Å². The number of carbonyl (C=O) groups excluding carboxylic acids is 1. The van der Waals surface area contributed by atoms with Crippen LogP contribution in [0.2, 0.25) is 0 Å². The number of unbranched alkanes of at least 4 members (excludes halogenated alkanes) is 3. The summed E-state index contributed by atoms with van der Waals surface area (Å²) in [6.45, 7) is 3.70. The highest BCUT2D eigenvalue weighted by molar-refractivity contribution is 5.85. The molecule has 130 valence electrons. The molecule has 1 aromatic rings. The number of aryl methyl sites for hydroxylation is 1. The molecule has 23 heavy (non-hydrogen) atoms. The van der Waals surface area contributed by atoms with E-state index in [1.54, 1.807) is 0 Å². The van der Waals surface area contributed by atoms with Crippen molar-refractivity contribution in [2.45, 2.75) is 70.9 Å². The van der Waals surface area contributed by atoms with Gasteiger partial charge in [-0.25, -0.2) is 0 Å². The molecule has 4 heteroatoms. The molecule has 0 saturated heterocycles. The highest BCUT2D eigenvalue weighted by Gasteiger charge is 2.31. The summed E-state index contributed by atoms with van der Waals surface area (Å²) >= 11 is 0. The molecule has 1 aliphatic rings. The van der Waals surface area contributed by atoms with Gasteiger partial charge in [0.05, 0.1) is 0 Å². The van der Waals surface area contributed by atoms with E-state index in [0.717, 1.165) is 45.2 Å². The van der Waals surface area contributed by atoms with Gasteiger partial charge in [0.1, 0.15) is 0 Å². The molecular weight excluding hydrogens is 308 g/mol. The van der Waals surface area contributed by atoms with Gasteiger partial charge in [0.25, 0.3) is 0 Å². The van der Waals surface area contributed by atoms with E-state index in [1.165, 1.54) is 24.0 Å². The molecule has 0 aliphatic heterocycles. The van der Waals surface area contributed by atoms with Crippen molar-refractivity contribution in [2.24, 2.45) is 5.73 Å². The fourth-order valence-corrected chi connectivity index (χ4v) is 2.80. The zero-order valence-electron chi connectivity index (χ0n) is 14.3. The predicted molar refractivity (Wildman–Crippen MR) is 98.8 cm³/mol. The van der Waals surface area contributed by atoms with E-state index < -0.39 is 0 Å². The van der Waals surface area contributed by atoms with Gasteiger partial charge in [0, 0.05) is 19.0 Å². The quantitative estimate of drug-likeness (QED) is 0.653. The molecule has 0 heterocycles. The van der Waals surface area contributed by atoms with Crippen LogP contribution in [0.5, 0.6) is 0 Å². The first kappa shape index (κ1) is 20.0. The van der Waals surface area contributed by atoms with Gasteiger partial charge in [0.15, 0.2) is 0 Å². The molecule has 1 amide bonds. The molecule has 0 aromatic heterocycles. The Labute approximate surface area is 147 Å². The third-order valence-corrected chi connectivity index (χ3v) is 4.44. The van der Waals surface area contributed by atoms with Gasteiger partial charge < -0.3 is 10.6 Å². The molecule has 1 aliphatic carbocycles. The molecule has 1 aromatic carbocycles. The summed E-state index contributed by atoms with van der Waals surface area (Å²) in [5, 5.41) is 0. The van der Waals surface area contributed by atoms with Crippen LogP contribution in [0.3, 0.4) is 0 Å². The average molecular weight is 339 g/mol. The molecule has 1 fully saturated rings. The Kier molecular flexibility index (Phi) is 9.27. The van der Waals surface area contributed by atoms with E-state index in [0.29, 0.717) is 18.4 Å². The first-order chi connectivity index (χ1) is 10.7. The van der Waals surface area contributed by atoms with Crippen molar-refractivity contribution in [1.29, 1.82) is 0 Å². The van der Waals surface area contributed by atoms with Crippen molar-refractivity contribution in [2.75, 3.05) is 6.54 Å². The average Bonchev–Trinajstić information content (AvgIpc) is 3.37. The first-order valence-electron chi connectivity index (χ1n) is 8.82. The smallest absolute Gasteiger partial charge is 0.223 e. The van der Waals surface area contributed by atoms with Gasteiger partial charge in [-0.05, 0) is 49.8 Å². The molecule has 0 spiro atoms.